The van der Waals surface area contributed by atoms with Gasteiger partial charge in [0.25, 0.3) is 0 Å². The number of aromatic nitrogens is 1. The Morgan fingerprint density at radius 1 is 1.31 bits per heavy atom. The summed E-state index contributed by atoms with van der Waals surface area (Å²) in [6.45, 7) is 7.87. The average Bonchev–Trinajstić information content (AvgIpc) is 2.75. The summed E-state index contributed by atoms with van der Waals surface area (Å²) in [6, 6.07) is 0.425. The van der Waals surface area contributed by atoms with Crippen LogP contribution in [-0.2, 0) is 12.8 Å². The minimum absolute atomic E-state index is 0.425. The molecule has 1 aliphatic carbocycles. The standard InChI is InChI=1S/C13H22N2S/c1-9(2)7-8-14-10(3)13-15-11-5-4-6-12(11)16-13/h9-10,14H,4-8H2,1-3H3. The third-order valence-electron chi connectivity index (χ3n) is 3.15. The molecule has 3 heteroatoms. The van der Waals surface area contributed by atoms with Crippen LogP contribution in [0.25, 0.3) is 0 Å². The molecular formula is C13H22N2S. The Morgan fingerprint density at radius 2 is 2.12 bits per heavy atom. The van der Waals surface area contributed by atoms with Gasteiger partial charge in [-0.25, -0.2) is 4.98 Å². The molecule has 2 rings (SSSR count). The minimum Gasteiger partial charge on any atom is -0.308 e. The average molecular weight is 238 g/mol. The maximum Gasteiger partial charge on any atom is 0.110 e. The highest BCUT2D eigenvalue weighted by Gasteiger charge is 2.19. The first-order chi connectivity index (χ1) is 7.66. The molecule has 90 valence electrons. The van der Waals surface area contributed by atoms with E-state index < -0.39 is 0 Å². The summed E-state index contributed by atoms with van der Waals surface area (Å²) in [5.74, 6) is 0.779. The Balaban J connectivity index is 1.86. The molecule has 0 saturated carbocycles. The van der Waals surface area contributed by atoms with Crippen LogP contribution in [0.3, 0.4) is 0 Å². The van der Waals surface area contributed by atoms with Crippen LogP contribution in [-0.4, -0.2) is 11.5 Å². The zero-order valence-electron chi connectivity index (χ0n) is 10.5. The molecule has 16 heavy (non-hydrogen) atoms. The van der Waals surface area contributed by atoms with Crippen molar-refractivity contribution in [2.24, 2.45) is 5.92 Å². The maximum absolute atomic E-state index is 4.74. The number of rotatable bonds is 5. The van der Waals surface area contributed by atoms with E-state index in [9.17, 15) is 0 Å². The molecule has 0 aromatic carbocycles. The minimum atomic E-state index is 0.425. The fraction of sp³-hybridized carbons (Fsp3) is 0.769. The van der Waals surface area contributed by atoms with Crippen molar-refractivity contribution < 1.29 is 0 Å². The lowest BCUT2D eigenvalue weighted by Crippen LogP contribution is -2.20. The molecule has 0 aliphatic heterocycles. The van der Waals surface area contributed by atoms with E-state index in [0.29, 0.717) is 6.04 Å². The van der Waals surface area contributed by atoms with E-state index in [1.165, 1.54) is 41.3 Å². The van der Waals surface area contributed by atoms with Crippen molar-refractivity contribution in [2.75, 3.05) is 6.54 Å². The lowest BCUT2D eigenvalue weighted by Gasteiger charge is -2.12. The number of thiazole rings is 1. The molecule has 1 heterocycles. The molecule has 1 aromatic rings. The second-order valence-corrected chi connectivity index (χ2v) is 6.25. The van der Waals surface area contributed by atoms with Crippen LogP contribution in [0.4, 0.5) is 0 Å². The van der Waals surface area contributed by atoms with E-state index in [1.54, 1.807) is 0 Å². The monoisotopic (exact) mass is 238 g/mol. The smallest absolute Gasteiger partial charge is 0.110 e. The molecule has 1 atom stereocenters. The van der Waals surface area contributed by atoms with Gasteiger partial charge in [0.15, 0.2) is 0 Å². The zero-order valence-corrected chi connectivity index (χ0v) is 11.4. The van der Waals surface area contributed by atoms with Gasteiger partial charge in [-0.15, -0.1) is 11.3 Å². The number of fused-ring (bicyclic) bond motifs is 1. The molecule has 2 nitrogen and oxygen atoms in total. The normalized spacial score (nSPS) is 16.8. The van der Waals surface area contributed by atoms with E-state index in [0.717, 1.165) is 12.5 Å². The molecule has 0 radical (unpaired) electrons. The first kappa shape index (κ1) is 12.1. The van der Waals surface area contributed by atoms with Crippen LogP contribution in [0.1, 0.15) is 55.2 Å². The van der Waals surface area contributed by atoms with Crippen molar-refractivity contribution in [1.29, 1.82) is 0 Å². The quantitative estimate of drug-likeness (QED) is 0.851. The van der Waals surface area contributed by atoms with Gasteiger partial charge in [0.1, 0.15) is 5.01 Å². The van der Waals surface area contributed by atoms with Gasteiger partial charge in [-0.1, -0.05) is 13.8 Å². The van der Waals surface area contributed by atoms with Crippen molar-refractivity contribution in [1.82, 2.24) is 10.3 Å². The van der Waals surface area contributed by atoms with E-state index in [-0.39, 0.29) is 0 Å². The molecule has 1 unspecified atom stereocenters. The summed E-state index contributed by atoms with van der Waals surface area (Å²) in [7, 11) is 0. The van der Waals surface area contributed by atoms with E-state index >= 15 is 0 Å². The molecule has 1 N–H and O–H groups in total. The van der Waals surface area contributed by atoms with Crippen molar-refractivity contribution in [3.8, 4) is 0 Å². The number of aryl methyl sites for hydroxylation is 2. The highest BCUT2D eigenvalue weighted by Crippen LogP contribution is 2.30. The maximum atomic E-state index is 4.74. The van der Waals surface area contributed by atoms with Crippen LogP contribution < -0.4 is 5.32 Å². The molecule has 0 saturated heterocycles. The van der Waals surface area contributed by atoms with Gasteiger partial charge >= 0.3 is 0 Å². The first-order valence-corrected chi connectivity index (χ1v) is 7.20. The van der Waals surface area contributed by atoms with E-state index in [2.05, 4.69) is 26.1 Å². The lowest BCUT2D eigenvalue weighted by atomic mass is 10.1. The topological polar surface area (TPSA) is 24.9 Å². The molecule has 0 spiro atoms. The van der Waals surface area contributed by atoms with Crippen LogP contribution in [0.15, 0.2) is 0 Å². The SMILES string of the molecule is CC(C)CCNC(C)c1nc2c(s1)CCC2. The second kappa shape index (κ2) is 5.28. The number of nitrogens with zero attached hydrogens (tertiary/aromatic N) is 1. The predicted octanol–water partition coefficient (Wildman–Crippen LogP) is 3.33. The fourth-order valence-electron chi connectivity index (χ4n) is 2.07. The number of hydrogen-bond acceptors (Lipinski definition) is 3. The van der Waals surface area contributed by atoms with Crippen molar-refractivity contribution in [3.63, 3.8) is 0 Å². The Morgan fingerprint density at radius 3 is 2.81 bits per heavy atom. The van der Waals surface area contributed by atoms with Crippen LogP contribution in [0.5, 0.6) is 0 Å². The fourth-order valence-corrected chi connectivity index (χ4v) is 3.25. The zero-order chi connectivity index (χ0) is 11.5. The summed E-state index contributed by atoms with van der Waals surface area (Å²) < 4.78 is 0. The summed E-state index contributed by atoms with van der Waals surface area (Å²) in [4.78, 5) is 6.28. The highest BCUT2D eigenvalue weighted by atomic mass is 32.1. The van der Waals surface area contributed by atoms with Gasteiger partial charge in [0, 0.05) is 4.88 Å². The largest absolute Gasteiger partial charge is 0.308 e. The Kier molecular flexibility index (Phi) is 3.98. The van der Waals surface area contributed by atoms with Gasteiger partial charge in [0.2, 0.25) is 0 Å². The van der Waals surface area contributed by atoms with E-state index in [4.69, 9.17) is 4.98 Å². The summed E-state index contributed by atoms with van der Waals surface area (Å²) in [6.07, 6.45) is 5.01. The third kappa shape index (κ3) is 2.83. The van der Waals surface area contributed by atoms with Gasteiger partial charge in [-0.3, -0.25) is 0 Å². The molecule has 1 aromatic heterocycles. The second-order valence-electron chi connectivity index (χ2n) is 5.13. The lowest BCUT2D eigenvalue weighted by molar-refractivity contribution is 0.495. The van der Waals surface area contributed by atoms with Gasteiger partial charge in [0.05, 0.1) is 11.7 Å². The summed E-state index contributed by atoms with van der Waals surface area (Å²) in [5.41, 5.74) is 1.37. The molecule has 0 fully saturated rings. The summed E-state index contributed by atoms with van der Waals surface area (Å²) >= 11 is 1.92. The summed E-state index contributed by atoms with van der Waals surface area (Å²) in [5, 5.41) is 4.85. The highest BCUT2D eigenvalue weighted by molar-refractivity contribution is 7.11. The number of hydrogen-bond donors (Lipinski definition) is 1. The van der Waals surface area contributed by atoms with E-state index in [1.807, 2.05) is 11.3 Å². The molecule has 0 bridgehead atoms. The van der Waals surface area contributed by atoms with Gasteiger partial charge in [-0.05, 0) is 45.1 Å². The molecule has 0 amide bonds. The Hall–Kier alpha value is -0.410. The van der Waals surface area contributed by atoms with Crippen molar-refractivity contribution >= 4 is 11.3 Å². The Labute approximate surface area is 102 Å². The number of nitrogens with one attached hydrogen (secondary N) is 1. The predicted molar refractivity (Wildman–Crippen MR) is 70.0 cm³/mol. The van der Waals surface area contributed by atoms with Gasteiger partial charge < -0.3 is 5.32 Å². The Bertz CT molecular complexity index is 322. The van der Waals surface area contributed by atoms with Crippen LogP contribution in [0.2, 0.25) is 0 Å². The first-order valence-electron chi connectivity index (χ1n) is 6.38. The van der Waals surface area contributed by atoms with Crippen LogP contribution >= 0.6 is 11.3 Å². The molecular weight excluding hydrogens is 216 g/mol. The van der Waals surface area contributed by atoms with Crippen LogP contribution in [0, 0.1) is 5.92 Å². The van der Waals surface area contributed by atoms with Crippen molar-refractivity contribution in [2.45, 2.75) is 52.5 Å². The van der Waals surface area contributed by atoms with Crippen molar-refractivity contribution in [3.05, 3.63) is 15.6 Å². The van der Waals surface area contributed by atoms with Gasteiger partial charge in [-0.2, -0.15) is 0 Å². The third-order valence-corrected chi connectivity index (χ3v) is 4.49. The molecule has 1 aliphatic rings.